The van der Waals surface area contributed by atoms with Gasteiger partial charge in [-0.05, 0) is 50.9 Å². The number of rotatable bonds is 3. The standard InChI is InChI=1S/C15H19NO3/c1-16-9-4-5-11(8-10-16)12-6-2-3-7-13(12)14(17)15(18)19/h2-3,6-7,11H,4-5,8-10H2,1H3,(H,18,19). The second-order valence-corrected chi connectivity index (χ2v) is 5.15. The van der Waals surface area contributed by atoms with Crippen LogP contribution in [0, 0.1) is 0 Å². The second kappa shape index (κ2) is 5.97. The molecule has 102 valence electrons. The summed E-state index contributed by atoms with van der Waals surface area (Å²) in [6.45, 7) is 2.05. The third-order valence-corrected chi connectivity index (χ3v) is 3.79. The molecule has 0 radical (unpaired) electrons. The van der Waals surface area contributed by atoms with Crippen molar-refractivity contribution in [2.45, 2.75) is 25.2 Å². The minimum atomic E-state index is -1.38. The highest BCUT2D eigenvalue weighted by atomic mass is 16.4. The van der Waals surface area contributed by atoms with Gasteiger partial charge in [0.25, 0.3) is 5.78 Å². The molecular weight excluding hydrogens is 242 g/mol. The van der Waals surface area contributed by atoms with Gasteiger partial charge in [-0.1, -0.05) is 24.3 Å². The van der Waals surface area contributed by atoms with Gasteiger partial charge in [-0.2, -0.15) is 0 Å². The Morgan fingerprint density at radius 1 is 1.21 bits per heavy atom. The highest BCUT2D eigenvalue weighted by Gasteiger charge is 2.24. The summed E-state index contributed by atoms with van der Waals surface area (Å²) < 4.78 is 0. The molecule has 1 aliphatic rings. The summed E-state index contributed by atoms with van der Waals surface area (Å²) in [5.41, 5.74) is 1.25. The quantitative estimate of drug-likeness (QED) is 0.669. The average molecular weight is 261 g/mol. The van der Waals surface area contributed by atoms with Gasteiger partial charge in [0.05, 0.1) is 0 Å². The van der Waals surface area contributed by atoms with Crippen LogP contribution in [0.1, 0.15) is 41.1 Å². The molecule has 0 amide bonds. The molecule has 1 heterocycles. The SMILES string of the molecule is CN1CCCC(c2ccccc2C(=O)C(=O)O)CC1. The Labute approximate surface area is 113 Å². The molecule has 1 unspecified atom stereocenters. The van der Waals surface area contributed by atoms with Crippen LogP contribution in [0.15, 0.2) is 24.3 Å². The van der Waals surface area contributed by atoms with Crippen LogP contribution < -0.4 is 0 Å². The zero-order valence-electron chi connectivity index (χ0n) is 11.1. The fourth-order valence-corrected chi connectivity index (χ4v) is 2.73. The van der Waals surface area contributed by atoms with Gasteiger partial charge in [-0.3, -0.25) is 4.79 Å². The number of aliphatic carboxylic acids is 1. The number of Topliss-reactive ketones (excluding diaryl/α,β-unsaturated/α-hetero) is 1. The van der Waals surface area contributed by atoms with Gasteiger partial charge < -0.3 is 10.0 Å². The topological polar surface area (TPSA) is 57.6 Å². The fraction of sp³-hybridized carbons (Fsp3) is 0.467. The number of carboxylic acids is 1. The Morgan fingerprint density at radius 3 is 2.68 bits per heavy atom. The summed E-state index contributed by atoms with van der Waals surface area (Å²) in [7, 11) is 2.09. The van der Waals surface area contributed by atoms with E-state index in [0.717, 1.165) is 37.9 Å². The third-order valence-electron chi connectivity index (χ3n) is 3.79. The fourth-order valence-electron chi connectivity index (χ4n) is 2.73. The Balaban J connectivity index is 2.28. The zero-order valence-corrected chi connectivity index (χ0v) is 11.1. The number of carboxylic acid groups (broad SMARTS) is 1. The van der Waals surface area contributed by atoms with Crippen molar-refractivity contribution in [3.05, 3.63) is 35.4 Å². The lowest BCUT2D eigenvalue weighted by Crippen LogP contribution is -2.19. The van der Waals surface area contributed by atoms with Crippen LogP contribution in [-0.2, 0) is 4.79 Å². The van der Waals surface area contributed by atoms with E-state index >= 15 is 0 Å². The number of hydrogen-bond donors (Lipinski definition) is 1. The number of benzene rings is 1. The molecule has 1 aromatic carbocycles. The van der Waals surface area contributed by atoms with Gasteiger partial charge in [-0.25, -0.2) is 4.79 Å². The molecule has 1 aromatic rings. The highest BCUT2D eigenvalue weighted by molar-refractivity contribution is 6.40. The number of carbonyl (C=O) groups excluding carboxylic acids is 1. The first-order chi connectivity index (χ1) is 9.09. The Hall–Kier alpha value is -1.68. The lowest BCUT2D eigenvalue weighted by atomic mass is 9.87. The molecule has 1 N–H and O–H groups in total. The van der Waals surface area contributed by atoms with Gasteiger partial charge in [0, 0.05) is 5.56 Å². The second-order valence-electron chi connectivity index (χ2n) is 5.15. The molecule has 0 bridgehead atoms. The number of ketones is 1. The van der Waals surface area contributed by atoms with Gasteiger partial charge in [0.1, 0.15) is 0 Å². The van der Waals surface area contributed by atoms with Crippen molar-refractivity contribution in [3.63, 3.8) is 0 Å². The van der Waals surface area contributed by atoms with Crippen molar-refractivity contribution >= 4 is 11.8 Å². The first-order valence-corrected chi connectivity index (χ1v) is 6.64. The average Bonchev–Trinajstić information content (AvgIpc) is 2.62. The van der Waals surface area contributed by atoms with E-state index in [1.807, 2.05) is 12.1 Å². The Kier molecular flexibility index (Phi) is 4.32. The minimum absolute atomic E-state index is 0.282. The van der Waals surface area contributed by atoms with Crippen LogP contribution in [0.4, 0.5) is 0 Å². The first kappa shape index (κ1) is 13.7. The molecule has 1 aliphatic heterocycles. The minimum Gasteiger partial charge on any atom is -0.475 e. The van der Waals surface area contributed by atoms with Crippen LogP contribution in [0.3, 0.4) is 0 Å². The largest absolute Gasteiger partial charge is 0.475 e. The number of likely N-dealkylation sites (tertiary alicyclic amines) is 1. The predicted molar refractivity (Wildman–Crippen MR) is 72.5 cm³/mol. The predicted octanol–water partition coefficient (Wildman–Crippen LogP) is 2.15. The molecule has 1 atom stereocenters. The number of carbonyl (C=O) groups is 2. The van der Waals surface area contributed by atoms with E-state index in [-0.39, 0.29) is 5.92 Å². The van der Waals surface area contributed by atoms with Crippen molar-refractivity contribution < 1.29 is 14.7 Å². The lowest BCUT2D eigenvalue weighted by Gasteiger charge is -2.17. The molecular formula is C15H19NO3. The van der Waals surface area contributed by atoms with Crippen LogP contribution in [-0.4, -0.2) is 41.9 Å². The molecule has 0 saturated carbocycles. The summed E-state index contributed by atoms with van der Waals surface area (Å²) in [4.78, 5) is 24.9. The molecule has 1 fully saturated rings. The van der Waals surface area contributed by atoms with E-state index in [2.05, 4.69) is 11.9 Å². The van der Waals surface area contributed by atoms with Gasteiger partial charge in [0.2, 0.25) is 0 Å². The maximum absolute atomic E-state index is 11.7. The smallest absolute Gasteiger partial charge is 0.377 e. The van der Waals surface area contributed by atoms with E-state index in [4.69, 9.17) is 5.11 Å². The van der Waals surface area contributed by atoms with Gasteiger partial charge in [0.15, 0.2) is 0 Å². The van der Waals surface area contributed by atoms with Crippen molar-refractivity contribution in [1.29, 1.82) is 0 Å². The van der Waals surface area contributed by atoms with E-state index in [0.29, 0.717) is 5.56 Å². The molecule has 1 saturated heterocycles. The summed E-state index contributed by atoms with van der Waals surface area (Å²) in [5.74, 6) is -1.89. The monoisotopic (exact) mass is 261 g/mol. The van der Waals surface area contributed by atoms with Crippen molar-refractivity contribution in [1.82, 2.24) is 4.90 Å². The summed E-state index contributed by atoms with van der Waals surface area (Å²) in [6, 6.07) is 7.12. The van der Waals surface area contributed by atoms with E-state index in [9.17, 15) is 9.59 Å². The third kappa shape index (κ3) is 3.20. The zero-order chi connectivity index (χ0) is 13.8. The van der Waals surface area contributed by atoms with Crippen LogP contribution in [0.2, 0.25) is 0 Å². The van der Waals surface area contributed by atoms with Gasteiger partial charge in [-0.15, -0.1) is 0 Å². The summed E-state index contributed by atoms with van der Waals surface area (Å²) in [6.07, 6.45) is 3.06. The van der Waals surface area contributed by atoms with E-state index < -0.39 is 11.8 Å². The summed E-state index contributed by atoms with van der Waals surface area (Å²) >= 11 is 0. The Bertz CT molecular complexity index is 484. The lowest BCUT2D eigenvalue weighted by molar-refractivity contribution is -0.131. The van der Waals surface area contributed by atoms with Crippen LogP contribution >= 0.6 is 0 Å². The van der Waals surface area contributed by atoms with Crippen molar-refractivity contribution in [2.75, 3.05) is 20.1 Å². The maximum Gasteiger partial charge on any atom is 0.377 e. The van der Waals surface area contributed by atoms with E-state index in [1.54, 1.807) is 12.1 Å². The number of hydrogen-bond acceptors (Lipinski definition) is 3. The van der Waals surface area contributed by atoms with Gasteiger partial charge >= 0.3 is 5.97 Å². The molecule has 0 aromatic heterocycles. The normalized spacial score (nSPS) is 20.8. The Morgan fingerprint density at radius 2 is 1.95 bits per heavy atom. The van der Waals surface area contributed by atoms with Crippen molar-refractivity contribution in [2.24, 2.45) is 0 Å². The highest BCUT2D eigenvalue weighted by Crippen LogP contribution is 2.30. The molecule has 4 nitrogen and oxygen atoms in total. The molecule has 4 heteroatoms. The van der Waals surface area contributed by atoms with Crippen LogP contribution in [0.25, 0.3) is 0 Å². The molecule has 0 aliphatic carbocycles. The molecule has 0 spiro atoms. The van der Waals surface area contributed by atoms with E-state index in [1.165, 1.54) is 0 Å². The maximum atomic E-state index is 11.7. The summed E-state index contributed by atoms with van der Waals surface area (Å²) in [5, 5.41) is 8.90. The molecule has 19 heavy (non-hydrogen) atoms. The number of nitrogens with zero attached hydrogens (tertiary/aromatic N) is 1. The van der Waals surface area contributed by atoms with Crippen LogP contribution in [0.5, 0.6) is 0 Å². The molecule has 2 rings (SSSR count). The first-order valence-electron chi connectivity index (χ1n) is 6.64. The van der Waals surface area contributed by atoms with Crippen molar-refractivity contribution in [3.8, 4) is 0 Å².